The highest BCUT2D eigenvalue weighted by molar-refractivity contribution is 5.44. The SMILES string of the molecule is COc1cccc2c1CCNC2C(F)(F)F. The van der Waals surface area contributed by atoms with Crippen LogP contribution in [-0.4, -0.2) is 19.8 Å². The van der Waals surface area contributed by atoms with E-state index >= 15 is 0 Å². The molecule has 1 unspecified atom stereocenters. The van der Waals surface area contributed by atoms with E-state index in [2.05, 4.69) is 5.32 Å². The van der Waals surface area contributed by atoms with Crippen molar-refractivity contribution < 1.29 is 17.9 Å². The van der Waals surface area contributed by atoms with Gasteiger partial charge in [0.2, 0.25) is 0 Å². The fourth-order valence-electron chi connectivity index (χ4n) is 2.06. The molecule has 1 atom stereocenters. The normalized spacial score (nSPS) is 20.4. The molecule has 0 radical (unpaired) electrons. The summed E-state index contributed by atoms with van der Waals surface area (Å²) >= 11 is 0. The zero-order valence-electron chi connectivity index (χ0n) is 8.77. The van der Waals surface area contributed by atoms with E-state index in [4.69, 9.17) is 4.74 Å². The second-order valence-corrected chi connectivity index (χ2v) is 3.71. The minimum absolute atomic E-state index is 0.276. The molecule has 1 aromatic rings. The number of hydrogen-bond donors (Lipinski definition) is 1. The average Bonchev–Trinajstić information content (AvgIpc) is 2.26. The Morgan fingerprint density at radius 3 is 2.75 bits per heavy atom. The van der Waals surface area contributed by atoms with Crippen LogP contribution < -0.4 is 10.1 Å². The van der Waals surface area contributed by atoms with Crippen molar-refractivity contribution in [3.05, 3.63) is 29.3 Å². The lowest BCUT2D eigenvalue weighted by molar-refractivity contribution is -0.158. The van der Waals surface area contributed by atoms with Gasteiger partial charge in [-0.25, -0.2) is 0 Å². The van der Waals surface area contributed by atoms with Crippen LogP contribution in [0.2, 0.25) is 0 Å². The van der Waals surface area contributed by atoms with Crippen molar-refractivity contribution in [2.24, 2.45) is 0 Å². The fourth-order valence-corrected chi connectivity index (χ4v) is 2.06. The van der Waals surface area contributed by atoms with Gasteiger partial charge in [0.05, 0.1) is 7.11 Å². The van der Waals surface area contributed by atoms with Crippen LogP contribution >= 0.6 is 0 Å². The van der Waals surface area contributed by atoms with Crippen LogP contribution in [0.5, 0.6) is 5.75 Å². The highest BCUT2D eigenvalue weighted by atomic mass is 19.4. The summed E-state index contributed by atoms with van der Waals surface area (Å²) in [5, 5.41) is 2.49. The Hall–Kier alpha value is -1.23. The maximum atomic E-state index is 12.8. The molecular formula is C11H12F3NO. The summed E-state index contributed by atoms with van der Waals surface area (Å²) in [7, 11) is 1.47. The molecule has 5 heteroatoms. The topological polar surface area (TPSA) is 21.3 Å². The van der Waals surface area contributed by atoms with Crippen LogP contribution in [0.15, 0.2) is 18.2 Å². The lowest BCUT2D eigenvalue weighted by atomic mass is 9.93. The van der Waals surface area contributed by atoms with Gasteiger partial charge in [0.25, 0.3) is 0 Å². The zero-order chi connectivity index (χ0) is 11.8. The average molecular weight is 231 g/mol. The molecule has 1 aromatic carbocycles. The Balaban J connectivity index is 2.47. The van der Waals surface area contributed by atoms with Gasteiger partial charge in [-0.15, -0.1) is 0 Å². The third-order valence-electron chi connectivity index (χ3n) is 2.75. The molecule has 0 bridgehead atoms. The molecule has 88 valence electrons. The van der Waals surface area contributed by atoms with Gasteiger partial charge in [-0.2, -0.15) is 13.2 Å². The van der Waals surface area contributed by atoms with E-state index in [0.717, 1.165) is 0 Å². The lowest BCUT2D eigenvalue weighted by Crippen LogP contribution is -2.39. The Morgan fingerprint density at radius 1 is 1.38 bits per heavy atom. The number of nitrogens with one attached hydrogen (secondary N) is 1. The second-order valence-electron chi connectivity index (χ2n) is 3.71. The molecule has 1 heterocycles. The first-order chi connectivity index (χ1) is 7.54. The summed E-state index contributed by atoms with van der Waals surface area (Å²) < 4.78 is 43.3. The fraction of sp³-hybridized carbons (Fsp3) is 0.455. The van der Waals surface area contributed by atoms with Gasteiger partial charge >= 0.3 is 6.18 Å². The van der Waals surface area contributed by atoms with Crippen LogP contribution in [0.4, 0.5) is 13.2 Å². The van der Waals surface area contributed by atoms with Gasteiger partial charge in [-0.05, 0) is 18.1 Å². The summed E-state index contributed by atoms with van der Waals surface area (Å²) in [5.74, 6) is 0.535. The predicted molar refractivity (Wildman–Crippen MR) is 53.5 cm³/mol. The van der Waals surface area contributed by atoms with Gasteiger partial charge in [0.1, 0.15) is 11.8 Å². The van der Waals surface area contributed by atoms with Crippen LogP contribution in [-0.2, 0) is 6.42 Å². The first-order valence-electron chi connectivity index (χ1n) is 5.00. The molecule has 0 aliphatic carbocycles. The Labute approximate surface area is 91.4 Å². The monoisotopic (exact) mass is 231 g/mol. The summed E-state index contributed by atoms with van der Waals surface area (Å²) in [6.45, 7) is 0.317. The van der Waals surface area contributed by atoms with Crippen LogP contribution in [0.25, 0.3) is 0 Å². The Bertz CT molecular complexity index is 389. The van der Waals surface area contributed by atoms with Gasteiger partial charge in [-0.1, -0.05) is 12.1 Å². The summed E-state index contributed by atoms with van der Waals surface area (Å²) in [5.41, 5.74) is 0.934. The van der Waals surface area contributed by atoms with Gasteiger partial charge in [0, 0.05) is 12.1 Å². The maximum absolute atomic E-state index is 12.8. The van der Waals surface area contributed by atoms with E-state index in [9.17, 15) is 13.2 Å². The molecule has 1 aliphatic heterocycles. The Morgan fingerprint density at radius 2 is 2.12 bits per heavy atom. The van der Waals surface area contributed by atoms with E-state index in [1.54, 1.807) is 12.1 Å². The van der Waals surface area contributed by atoms with Crippen molar-refractivity contribution in [2.45, 2.75) is 18.6 Å². The molecular weight excluding hydrogens is 219 g/mol. The molecule has 2 rings (SSSR count). The summed E-state index contributed by atoms with van der Waals surface area (Å²) in [6.07, 6.45) is -3.70. The number of ether oxygens (including phenoxy) is 1. The van der Waals surface area contributed by atoms with Gasteiger partial charge in [0.15, 0.2) is 0 Å². The summed E-state index contributed by atoms with van der Waals surface area (Å²) in [4.78, 5) is 0. The number of rotatable bonds is 1. The zero-order valence-corrected chi connectivity index (χ0v) is 8.77. The third kappa shape index (κ3) is 1.87. The third-order valence-corrected chi connectivity index (χ3v) is 2.75. The maximum Gasteiger partial charge on any atom is 0.407 e. The number of fused-ring (bicyclic) bond motifs is 1. The largest absolute Gasteiger partial charge is 0.496 e. The number of benzene rings is 1. The second kappa shape index (κ2) is 3.97. The van der Waals surface area contributed by atoms with Crippen molar-refractivity contribution >= 4 is 0 Å². The molecule has 0 aromatic heterocycles. The van der Waals surface area contributed by atoms with Crippen molar-refractivity contribution in [1.29, 1.82) is 0 Å². The molecule has 16 heavy (non-hydrogen) atoms. The van der Waals surface area contributed by atoms with E-state index in [0.29, 0.717) is 24.3 Å². The van der Waals surface area contributed by atoms with E-state index in [1.165, 1.54) is 13.2 Å². The molecule has 0 fully saturated rings. The lowest BCUT2D eigenvalue weighted by Gasteiger charge is -2.29. The van der Waals surface area contributed by atoms with Crippen LogP contribution in [0, 0.1) is 0 Å². The molecule has 1 aliphatic rings. The van der Waals surface area contributed by atoms with Gasteiger partial charge in [-0.3, -0.25) is 0 Å². The minimum atomic E-state index is -4.26. The van der Waals surface area contributed by atoms with Crippen molar-refractivity contribution in [3.8, 4) is 5.75 Å². The van der Waals surface area contributed by atoms with Crippen LogP contribution in [0.1, 0.15) is 17.2 Å². The van der Waals surface area contributed by atoms with E-state index < -0.39 is 12.2 Å². The quantitative estimate of drug-likeness (QED) is 0.801. The highest BCUT2D eigenvalue weighted by Gasteiger charge is 2.43. The van der Waals surface area contributed by atoms with Gasteiger partial charge < -0.3 is 10.1 Å². The van der Waals surface area contributed by atoms with E-state index in [-0.39, 0.29) is 5.56 Å². The molecule has 0 saturated heterocycles. The Kier molecular flexibility index (Phi) is 2.80. The van der Waals surface area contributed by atoms with Crippen LogP contribution in [0.3, 0.4) is 0 Å². The molecule has 0 amide bonds. The van der Waals surface area contributed by atoms with E-state index in [1.807, 2.05) is 0 Å². The molecule has 0 saturated carbocycles. The number of methoxy groups -OCH3 is 1. The standard InChI is InChI=1S/C11H12F3NO/c1-16-9-4-2-3-8-7(9)5-6-15-10(8)11(12,13)14/h2-4,10,15H,5-6H2,1H3. The molecule has 2 nitrogen and oxygen atoms in total. The number of hydrogen-bond acceptors (Lipinski definition) is 2. The van der Waals surface area contributed by atoms with Crippen molar-refractivity contribution in [1.82, 2.24) is 5.32 Å². The summed E-state index contributed by atoms with van der Waals surface area (Å²) in [6, 6.07) is 3.20. The number of alkyl halides is 3. The van der Waals surface area contributed by atoms with Crippen molar-refractivity contribution in [2.75, 3.05) is 13.7 Å². The minimum Gasteiger partial charge on any atom is -0.496 e. The molecule has 0 spiro atoms. The molecule has 1 N–H and O–H groups in total. The first-order valence-corrected chi connectivity index (χ1v) is 5.00. The first kappa shape index (κ1) is 11.3. The predicted octanol–water partition coefficient (Wildman–Crippen LogP) is 2.44. The highest BCUT2D eigenvalue weighted by Crippen LogP contribution is 2.39. The van der Waals surface area contributed by atoms with Crippen molar-refractivity contribution in [3.63, 3.8) is 0 Å². The smallest absolute Gasteiger partial charge is 0.407 e. The number of halogens is 3.